The zero-order valence-corrected chi connectivity index (χ0v) is 14.5. The first-order chi connectivity index (χ1) is 11.6. The van der Waals surface area contributed by atoms with Gasteiger partial charge in [0.25, 0.3) is 5.91 Å². The third-order valence-corrected chi connectivity index (χ3v) is 3.65. The predicted octanol–water partition coefficient (Wildman–Crippen LogP) is 2.42. The Bertz CT molecular complexity index is 628. The average Bonchev–Trinajstić information content (AvgIpc) is 2.59. The summed E-state index contributed by atoms with van der Waals surface area (Å²) >= 11 is 0. The molecule has 0 aliphatic heterocycles. The first kappa shape index (κ1) is 17.9. The lowest BCUT2D eigenvalue weighted by Crippen LogP contribution is -2.27. The number of aromatic nitrogens is 1. The first-order valence-corrected chi connectivity index (χ1v) is 8.32. The highest BCUT2D eigenvalue weighted by molar-refractivity contribution is 5.94. The van der Waals surface area contributed by atoms with E-state index in [9.17, 15) is 4.79 Å². The number of carbonyl (C=O) groups excluding carboxylic acids is 1. The Labute approximate surface area is 144 Å². The van der Waals surface area contributed by atoms with Crippen molar-refractivity contribution in [2.75, 3.05) is 39.0 Å². The van der Waals surface area contributed by atoms with Crippen molar-refractivity contribution >= 4 is 11.7 Å². The fraction of sp³-hybridized carbons (Fsp3) is 0.368. The molecule has 0 unspecified atom stereocenters. The van der Waals surface area contributed by atoms with Crippen LogP contribution in [0.25, 0.3) is 0 Å². The van der Waals surface area contributed by atoms with Gasteiger partial charge in [-0.1, -0.05) is 30.3 Å². The summed E-state index contributed by atoms with van der Waals surface area (Å²) < 4.78 is 0. The topological polar surface area (TPSA) is 57.3 Å². The second-order valence-corrected chi connectivity index (χ2v) is 6.00. The Morgan fingerprint density at radius 2 is 1.92 bits per heavy atom. The Morgan fingerprint density at radius 3 is 2.67 bits per heavy atom. The fourth-order valence-corrected chi connectivity index (χ4v) is 2.35. The molecule has 0 fully saturated rings. The van der Waals surface area contributed by atoms with Gasteiger partial charge in [-0.05, 0) is 51.2 Å². The quantitative estimate of drug-likeness (QED) is 0.695. The molecule has 0 atom stereocenters. The molecule has 0 aliphatic carbocycles. The largest absolute Gasteiger partial charge is 0.370 e. The van der Waals surface area contributed by atoms with Crippen LogP contribution in [-0.4, -0.2) is 49.5 Å². The van der Waals surface area contributed by atoms with Crippen LogP contribution in [0.4, 0.5) is 5.82 Å². The van der Waals surface area contributed by atoms with Crippen molar-refractivity contribution < 1.29 is 4.79 Å². The van der Waals surface area contributed by atoms with Crippen LogP contribution in [0.1, 0.15) is 22.3 Å². The van der Waals surface area contributed by atoms with Gasteiger partial charge >= 0.3 is 0 Å². The highest BCUT2D eigenvalue weighted by Gasteiger charge is 2.06. The number of hydrogen-bond acceptors (Lipinski definition) is 4. The van der Waals surface area contributed by atoms with Gasteiger partial charge in [0.15, 0.2) is 0 Å². The van der Waals surface area contributed by atoms with Gasteiger partial charge in [-0.2, -0.15) is 0 Å². The van der Waals surface area contributed by atoms with E-state index in [4.69, 9.17) is 0 Å². The summed E-state index contributed by atoms with van der Waals surface area (Å²) in [6.07, 6.45) is 3.52. The summed E-state index contributed by atoms with van der Waals surface area (Å²) in [5.41, 5.74) is 1.91. The lowest BCUT2D eigenvalue weighted by Gasteiger charge is -2.10. The van der Waals surface area contributed by atoms with Crippen LogP contribution in [0.3, 0.4) is 0 Å². The second kappa shape index (κ2) is 9.67. The summed E-state index contributed by atoms with van der Waals surface area (Å²) in [5, 5.41) is 6.22. The van der Waals surface area contributed by atoms with E-state index in [0.29, 0.717) is 12.1 Å². The molecule has 1 aromatic carbocycles. The maximum absolute atomic E-state index is 12.2. The fourth-order valence-electron chi connectivity index (χ4n) is 2.35. The van der Waals surface area contributed by atoms with Gasteiger partial charge in [0, 0.05) is 24.8 Å². The number of anilines is 1. The van der Waals surface area contributed by atoms with E-state index in [-0.39, 0.29) is 5.91 Å². The predicted molar refractivity (Wildman–Crippen MR) is 98.4 cm³/mol. The number of nitrogens with one attached hydrogen (secondary N) is 2. The van der Waals surface area contributed by atoms with E-state index < -0.39 is 0 Å². The van der Waals surface area contributed by atoms with Gasteiger partial charge in [-0.3, -0.25) is 4.79 Å². The van der Waals surface area contributed by atoms with Crippen molar-refractivity contribution in [2.24, 2.45) is 0 Å². The summed E-state index contributed by atoms with van der Waals surface area (Å²) in [4.78, 5) is 18.5. The molecule has 0 spiro atoms. The Kier molecular flexibility index (Phi) is 7.23. The molecule has 2 N–H and O–H groups in total. The maximum atomic E-state index is 12.2. The first-order valence-electron chi connectivity index (χ1n) is 8.32. The van der Waals surface area contributed by atoms with Crippen LogP contribution >= 0.6 is 0 Å². The molecule has 0 saturated carbocycles. The molecule has 1 aromatic heterocycles. The number of pyridine rings is 1. The van der Waals surface area contributed by atoms with Crippen LogP contribution in [0.5, 0.6) is 0 Å². The third kappa shape index (κ3) is 6.38. The lowest BCUT2D eigenvalue weighted by molar-refractivity contribution is 0.0952. The Morgan fingerprint density at radius 1 is 1.12 bits per heavy atom. The van der Waals surface area contributed by atoms with Crippen molar-refractivity contribution in [1.29, 1.82) is 0 Å². The summed E-state index contributed by atoms with van der Waals surface area (Å²) in [7, 11) is 4.05. The lowest BCUT2D eigenvalue weighted by atomic mass is 10.1. The van der Waals surface area contributed by atoms with Crippen LogP contribution < -0.4 is 10.6 Å². The second-order valence-electron chi connectivity index (χ2n) is 6.00. The minimum atomic E-state index is -0.0535. The van der Waals surface area contributed by atoms with Crippen LogP contribution in [0, 0.1) is 0 Å². The number of benzene rings is 1. The molecule has 0 saturated heterocycles. The molecule has 1 heterocycles. The van der Waals surface area contributed by atoms with Crippen molar-refractivity contribution in [1.82, 2.24) is 15.2 Å². The van der Waals surface area contributed by atoms with Crippen molar-refractivity contribution in [3.05, 3.63) is 59.8 Å². The molecule has 2 rings (SSSR count). The van der Waals surface area contributed by atoms with Gasteiger partial charge < -0.3 is 15.5 Å². The molecular weight excluding hydrogens is 300 g/mol. The molecule has 0 radical (unpaired) electrons. The third-order valence-electron chi connectivity index (χ3n) is 3.65. The summed E-state index contributed by atoms with van der Waals surface area (Å²) in [6.45, 7) is 2.42. The monoisotopic (exact) mass is 326 g/mol. The molecule has 2 aromatic rings. The Balaban J connectivity index is 1.79. The summed E-state index contributed by atoms with van der Waals surface area (Å²) in [6, 6.07) is 13.8. The highest BCUT2D eigenvalue weighted by atomic mass is 16.1. The molecule has 0 aliphatic rings. The zero-order chi connectivity index (χ0) is 17.2. The summed E-state index contributed by atoms with van der Waals surface area (Å²) in [5.74, 6) is 0.675. The van der Waals surface area contributed by atoms with Gasteiger partial charge in [0.05, 0.1) is 0 Å². The maximum Gasteiger partial charge on any atom is 0.251 e. The highest BCUT2D eigenvalue weighted by Crippen LogP contribution is 2.07. The van der Waals surface area contributed by atoms with Crippen molar-refractivity contribution in [3.8, 4) is 0 Å². The number of hydrogen-bond donors (Lipinski definition) is 2. The van der Waals surface area contributed by atoms with Crippen LogP contribution in [0.15, 0.2) is 48.7 Å². The molecule has 5 nitrogen and oxygen atoms in total. The number of amides is 1. The van der Waals surface area contributed by atoms with Crippen molar-refractivity contribution in [2.45, 2.75) is 12.8 Å². The molecule has 5 heteroatoms. The van der Waals surface area contributed by atoms with E-state index in [1.54, 1.807) is 18.3 Å². The van der Waals surface area contributed by atoms with Crippen LogP contribution in [-0.2, 0) is 6.42 Å². The minimum absolute atomic E-state index is 0.0535. The minimum Gasteiger partial charge on any atom is -0.370 e. The molecule has 128 valence electrons. The molecule has 24 heavy (non-hydrogen) atoms. The number of carbonyl (C=O) groups is 1. The van der Waals surface area contributed by atoms with E-state index in [1.165, 1.54) is 5.56 Å². The van der Waals surface area contributed by atoms with Gasteiger partial charge in [-0.15, -0.1) is 0 Å². The SMILES string of the molecule is CN(C)CCCNC(=O)c1ccnc(NCCc2ccccc2)c1. The number of nitrogens with zero attached hydrogens (tertiary/aromatic N) is 2. The van der Waals surface area contributed by atoms with Gasteiger partial charge in [-0.25, -0.2) is 4.98 Å². The number of rotatable bonds is 9. The van der Waals surface area contributed by atoms with E-state index in [0.717, 1.165) is 31.7 Å². The standard InChI is InChI=1S/C19H26N4O/c1-23(2)14-6-11-22-19(24)17-10-13-21-18(15-17)20-12-9-16-7-4-3-5-8-16/h3-5,7-8,10,13,15H,6,9,11-12,14H2,1-2H3,(H,20,21)(H,22,24). The van der Waals surface area contributed by atoms with E-state index in [2.05, 4.69) is 32.7 Å². The van der Waals surface area contributed by atoms with Gasteiger partial charge in [0.2, 0.25) is 0 Å². The smallest absolute Gasteiger partial charge is 0.251 e. The molecule has 0 bridgehead atoms. The molecule has 1 amide bonds. The van der Waals surface area contributed by atoms with Crippen molar-refractivity contribution in [3.63, 3.8) is 0 Å². The van der Waals surface area contributed by atoms with Crippen LogP contribution in [0.2, 0.25) is 0 Å². The normalized spacial score (nSPS) is 10.6. The van der Waals surface area contributed by atoms with E-state index >= 15 is 0 Å². The average molecular weight is 326 g/mol. The Hall–Kier alpha value is -2.40. The molecular formula is C19H26N4O. The zero-order valence-electron chi connectivity index (χ0n) is 14.5. The van der Waals surface area contributed by atoms with E-state index in [1.807, 2.05) is 32.3 Å². The van der Waals surface area contributed by atoms with Gasteiger partial charge in [0.1, 0.15) is 5.82 Å².